The fraction of sp³-hybridized carbons (Fsp3) is 0. The zero-order valence-corrected chi connectivity index (χ0v) is 20.9. The molecule has 0 saturated carbocycles. The molecule has 0 radical (unpaired) electrons. The molecule has 0 atom stereocenters. The number of ether oxygens (including phenoxy) is 1. The molecule has 0 fully saturated rings. The lowest BCUT2D eigenvalue weighted by atomic mass is 10.1. The topological polar surface area (TPSA) is 140 Å². The molecule has 4 aromatic carbocycles. The van der Waals surface area contributed by atoms with E-state index in [2.05, 4.69) is 15.8 Å². The minimum Gasteiger partial charge on any atom is -0.423 e. The van der Waals surface area contributed by atoms with E-state index in [1.54, 1.807) is 42.5 Å². The Morgan fingerprint density at radius 2 is 1.45 bits per heavy atom. The molecular formula is C30H22N4O6. The molecule has 10 heteroatoms. The Morgan fingerprint density at radius 3 is 2.12 bits per heavy atom. The fourth-order valence-electron chi connectivity index (χ4n) is 3.44. The number of hydrogen-bond acceptors (Lipinski definition) is 7. The van der Waals surface area contributed by atoms with Crippen LogP contribution in [0.5, 0.6) is 5.75 Å². The maximum Gasteiger partial charge on any atom is 0.336 e. The Labute approximate surface area is 228 Å². The predicted octanol–water partition coefficient (Wildman–Crippen LogP) is 5.23. The molecular weight excluding hydrogens is 512 g/mol. The van der Waals surface area contributed by atoms with Crippen LogP contribution >= 0.6 is 0 Å². The first-order valence-corrected chi connectivity index (χ1v) is 11.9. The Morgan fingerprint density at radius 1 is 0.800 bits per heavy atom. The molecule has 0 aliphatic carbocycles. The summed E-state index contributed by atoms with van der Waals surface area (Å²) < 4.78 is 5.33. The van der Waals surface area contributed by atoms with Crippen molar-refractivity contribution < 1.29 is 24.0 Å². The van der Waals surface area contributed by atoms with Gasteiger partial charge in [0.1, 0.15) is 5.75 Å². The summed E-state index contributed by atoms with van der Waals surface area (Å²) in [6, 6.07) is 27.6. The van der Waals surface area contributed by atoms with Gasteiger partial charge in [0.15, 0.2) is 0 Å². The van der Waals surface area contributed by atoms with Crippen molar-refractivity contribution in [3.63, 3.8) is 0 Å². The summed E-state index contributed by atoms with van der Waals surface area (Å²) in [5.74, 6) is -1.53. The second kappa shape index (κ2) is 13.1. The Kier molecular flexibility index (Phi) is 8.86. The number of benzene rings is 4. The summed E-state index contributed by atoms with van der Waals surface area (Å²) in [5.41, 5.74) is 4.23. The number of amides is 2. The first-order chi connectivity index (χ1) is 19.4. The molecule has 2 amide bonds. The molecule has 10 nitrogen and oxygen atoms in total. The molecule has 4 aromatic rings. The van der Waals surface area contributed by atoms with Gasteiger partial charge in [-0.05, 0) is 54.1 Å². The maximum absolute atomic E-state index is 12.5. The van der Waals surface area contributed by atoms with Crippen LogP contribution in [0, 0.1) is 10.1 Å². The third kappa shape index (κ3) is 7.56. The molecule has 0 unspecified atom stereocenters. The normalized spacial score (nSPS) is 10.8. The highest BCUT2D eigenvalue weighted by Crippen LogP contribution is 2.23. The number of esters is 1. The number of non-ortho nitro benzene ring substituents is 1. The van der Waals surface area contributed by atoms with Crippen LogP contribution in [0.25, 0.3) is 6.08 Å². The molecule has 0 saturated heterocycles. The molecule has 0 heterocycles. The molecule has 2 N–H and O–H groups in total. The van der Waals surface area contributed by atoms with Crippen LogP contribution < -0.4 is 15.5 Å². The van der Waals surface area contributed by atoms with E-state index < -0.39 is 16.8 Å². The number of rotatable bonds is 9. The van der Waals surface area contributed by atoms with Gasteiger partial charge in [0.25, 0.3) is 17.5 Å². The van der Waals surface area contributed by atoms with Gasteiger partial charge in [-0.25, -0.2) is 10.2 Å². The summed E-state index contributed by atoms with van der Waals surface area (Å²) in [5, 5.41) is 17.8. The SMILES string of the molecule is O=C(/C=C/c1ccccc1)Oc1ccc([N+](=O)[O-])cc1/C=N/NC(=O)c1ccc(NC(=O)c2ccccc2)cc1. The Bertz CT molecular complexity index is 1580. The lowest BCUT2D eigenvalue weighted by Gasteiger charge is -2.07. The first kappa shape index (κ1) is 27.1. The number of nitro groups is 1. The van der Waals surface area contributed by atoms with E-state index in [0.29, 0.717) is 11.3 Å². The smallest absolute Gasteiger partial charge is 0.336 e. The number of carbonyl (C=O) groups excluding carboxylic acids is 3. The monoisotopic (exact) mass is 534 g/mol. The minimum absolute atomic E-state index is 0.0184. The van der Waals surface area contributed by atoms with Crippen molar-refractivity contribution >= 4 is 41.4 Å². The molecule has 0 spiro atoms. The van der Waals surface area contributed by atoms with Gasteiger partial charge in [-0.2, -0.15) is 5.10 Å². The van der Waals surface area contributed by atoms with E-state index in [4.69, 9.17) is 4.74 Å². The molecule has 0 aromatic heterocycles. The third-order valence-electron chi connectivity index (χ3n) is 5.44. The lowest BCUT2D eigenvalue weighted by molar-refractivity contribution is -0.384. The highest BCUT2D eigenvalue weighted by molar-refractivity contribution is 6.04. The van der Waals surface area contributed by atoms with E-state index in [1.165, 1.54) is 36.4 Å². The van der Waals surface area contributed by atoms with Gasteiger partial charge in [0, 0.05) is 40.6 Å². The molecule has 0 aliphatic heterocycles. The minimum atomic E-state index is -0.698. The number of nitrogens with zero attached hydrogens (tertiary/aromatic N) is 2. The summed E-state index contributed by atoms with van der Waals surface area (Å²) >= 11 is 0. The van der Waals surface area contributed by atoms with Crippen LogP contribution in [0.1, 0.15) is 31.8 Å². The van der Waals surface area contributed by atoms with E-state index in [1.807, 2.05) is 36.4 Å². The number of anilines is 1. The van der Waals surface area contributed by atoms with Crippen molar-refractivity contribution in [3.8, 4) is 5.75 Å². The van der Waals surface area contributed by atoms with Crippen molar-refractivity contribution in [3.05, 3.63) is 142 Å². The Hall–Kier alpha value is -5.90. The average molecular weight is 535 g/mol. The summed E-state index contributed by atoms with van der Waals surface area (Å²) in [6.07, 6.45) is 3.94. The number of hydrogen-bond donors (Lipinski definition) is 2. The molecule has 198 valence electrons. The number of hydrazone groups is 1. The third-order valence-corrected chi connectivity index (χ3v) is 5.44. The van der Waals surface area contributed by atoms with Crippen molar-refractivity contribution in [1.29, 1.82) is 0 Å². The zero-order chi connectivity index (χ0) is 28.3. The van der Waals surface area contributed by atoms with Gasteiger partial charge in [0.2, 0.25) is 0 Å². The second-order valence-corrected chi connectivity index (χ2v) is 8.24. The largest absolute Gasteiger partial charge is 0.423 e. The van der Waals surface area contributed by atoms with Gasteiger partial charge in [-0.3, -0.25) is 19.7 Å². The molecule has 0 bridgehead atoms. The zero-order valence-electron chi connectivity index (χ0n) is 20.9. The van der Waals surface area contributed by atoms with Gasteiger partial charge >= 0.3 is 5.97 Å². The summed E-state index contributed by atoms with van der Waals surface area (Å²) in [6.45, 7) is 0. The highest BCUT2D eigenvalue weighted by Gasteiger charge is 2.13. The summed E-state index contributed by atoms with van der Waals surface area (Å²) in [4.78, 5) is 47.8. The first-order valence-electron chi connectivity index (χ1n) is 11.9. The van der Waals surface area contributed by atoms with Crippen LogP contribution in [0.4, 0.5) is 11.4 Å². The van der Waals surface area contributed by atoms with Gasteiger partial charge in [-0.1, -0.05) is 48.5 Å². The average Bonchev–Trinajstić information content (AvgIpc) is 2.98. The van der Waals surface area contributed by atoms with Gasteiger partial charge in [0.05, 0.1) is 11.1 Å². The Balaban J connectivity index is 1.41. The van der Waals surface area contributed by atoms with Crippen molar-refractivity contribution in [2.75, 3.05) is 5.32 Å². The molecule has 4 rings (SSSR count). The van der Waals surface area contributed by atoms with E-state index in [9.17, 15) is 24.5 Å². The van der Waals surface area contributed by atoms with Crippen molar-refractivity contribution in [2.45, 2.75) is 0 Å². The number of carbonyl (C=O) groups is 3. The van der Waals surface area contributed by atoms with E-state index >= 15 is 0 Å². The van der Waals surface area contributed by atoms with E-state index in [0.717, 1.165) is 11.8 Å². The predicted molar refractivity (Wildman–Crippen MR) is 150 cm³/mol. The number of nitro benzene ring substituents is 1. The van der Waals surface area contributed by atoms with E-state index in [-0.39, 0.29) is 28.5 Å². The highest BCUT2D eigenvalue weighted by atomic mass is 16.6. The maximum atomic E-state index is 12.5. The molecule has 0 aliphatic rings. The quantitative estimate of drug-likeness (QED) is 0.0753. The van der Waals surface area contributed by atoms with Gasteiger partial charge in [-0.15, -0.1) is 0 Å². The van der Waals surface area contributed by atoms with Crippen molar-refractivity contribution in [1.82, 2.24) is 5.43 Å². The summed E-state index contributed by atoms with van der Waals surface area (Å²) in [7, 11) is 0. The molecule has 40 heavy (non-hydrogen) atoms. The van der Waals surface area contributed by atoms with Crippen LogP contribution in [-0.4, -0.2) is 28.9 Å². The number of nitrogens with one attached hydrogen (secondary N) is 2. The standard InChI is InChI=1S/C30H22N4O6/c35-28(18-11-21-7-3-1-4-8-21)40-27-17-16-26(34(38)39)19-24(27)20-31-33-30(37)23-12-14-25(15-13-23)32-29(36)22-9-5-2-6-10-22/h1-20H,(H,32,36)(H,33,37)/b18-11+,31-20+. The van der Waals surface area contributed by atoms with Crippen LogP contribution in [0.15, 0.2) is 114 Å². The van der Waals surface area contributed by atoms with Crippen LogP contribution in [0.2, 0.25) is 0 Å². The van der Waals surface area contributed by atoms with Gasteiger partial charge < -0.3 is 10.1 Å². The fourth-order valence-corrected chi connectivity index (χ4v) is 3.44. The van der Waals surface area contributed by atoms with Crippen LogP contribution in [-0.2, 0) is 4.79 Å². The second-order valence-electron chi connectivity index (χ2n) is 8.24. The van der Waals surface area contributed by atoms with Crippen LogP contribution in [0.3, 0.4) is 0 Å². The lowest BCUT2D eigenvalue weighted by Crippen LogP contribution is -2.18. The van der Waals surface area contributed by atoms with Crippen molar-refractivity contribution in [2.24, 2.45) is 5.10 Å².